The summed E-state index contributed by atoms with van der Waals surface area (Å²) < 4.78 is 5.62. The van der Waals surface area contributed by atoms with Crippen LogP contribution in [0.25, 0.3) is 0 Å². The molecule has 1 saturated heterocycles. The standard InChI is InChI=1S/C15H21N3O/c1-12(2)19-14-5-3-13(4-6-14)15(11-16)18-9-7-17-8-10-18/h3-6,12,15,17H,7-10H2,1-2H3. The summed E-state index contributed by atoms with van der Waals surface area (Å²) in [6.45, 7) is 7.75. The molecule has 1 atom stereocenters. The average molecular weight is 259 g/mol. The highest BCUT2D eigenvalue weighted by Crippen LogP contribution is 2.23. The van der Waals surface area contributed by atoms with Crippen LogP contribution in [0.3, 0.4) is 0 Å². The predicted octanol–water partition coefficient (Wildman–Crippen LogP) is 1.94. The Morgan fingerprint density at radius 2 is 1.84 bits per heavy atom. The second-order valence-corrected chi connectivity index (χ2v) is 5.05. The van der Waals surface area contributed by atoms with Crippen LogP contribution < -0.4 is 10.1 Å². The number of ether oxygens (including phenoxy) is 1. The SMILES string of the molecule is CC(C)Oc1ccc(C(C#N)N2CCNCC2)cc1. The molecule has 1 aromatic rings. The van der Waals surface area contributed by atoms with Gasteiger partial charge in [0.1, 0.15) is 11.8 Å². The Morgan fingerprint density at radius 1 is 1.21 bits per heavy atom. The Labute approximate surface area is 115 Å². The first-order valence-corrected chi connectivity index (χ1v) is 6.81. The average Bonchev–Trinajstić information content (AvgIpc) is 2.42. The van der Waals surface area contributed by atoms with Crippen molar-refractivity contribution in [1.29, 1.82) is 5.26 Å². The smallest absolute Gasteiger partial charge is 0.123 e. The van der Waals surface area contributed by atoms with Gasteiger partial charge in [0.05, 0.1) is 12.2 Å². The van der Waals surface area contributed by atoms with Crippen molar-refractivity contribution >= 4 is 0 Å². The summed E-state index contributed by atoms with van der Waals surface area (Å²) in [5, 5.41) is 12.7. The molecule has 1 N–H and O–H groups in total. The van der Waals surface area contributed by atoms with Gasteiger partial charge in [-0.2, -0.15) is 5.26 Å². The highest BCUT2D eigenvalue weighted by atomic mass is 16.5. The summed E-state index contributed by atoms with van der Waals surface area (Å²) in [5.74, 6) is 0.857. The van der Waals surface area contributed by atoms with Crippen molar-refractivity contribution in [3.05, 3.63) is 29.8 Å². The van der Waals surface area contributed by atoms with Crippen LogP contribution >= 0.6 is 0 Å². The third kappa shape index (κ3) is 3.69. The van der Waals surface area contributed by atoms with Crippen molar-refractivity contribution in [1.82, 2.24) is 10.2 Å². The summed E-state index contributed by atoms with van der Waals surface area (Å²) in [6.07, 6.45) is 0.172. The number of nitrogens with zero attached hydrogens (tertiary/aromatic N) is 2. The molecule has 1 heterocycles. The van der Waals surface area contributed by atoms with E-state index in [1.807, 2.05) is 38.1 Å². The first-order valence-electron chi connectivity index (χ1n) is 6.81. The van der Waals surface area contributed by atoms with Gasteiger partial charge in [-0.05, 0) is 31.5 Å². The fourth-order valence-electron chi connectivity index (χ4n) is 2.31. The molecule has 0 aliphatic carbocycles. The Morgan fingerprint density at radius 3 is 2.37 bits per heavy atom. The zero-order chi connectivity index (χ0) is 13.7. The van der Waals surface area contributed by atoms with Crippen LogP contribution in [0.1, 0.15) is 25.5 Å². The van der Waals surface area contributed by atoms with Crippen molar-refractivity contribution < 1.29 is 4.74 Å². The number of hydrogen-bond acceptors (Lipinski definition) is 4. The van der Waals surface area contributed by atoms with Crippen LogP contribution in [-0.4, -0.2) is 37.2 Å². The zero-order valence-corrected chi connectivity index (χ0v) is 11.6. The first-order chi connectivity index (χ1) is 9.20. The lowest BCUT2D eigenvalue weighted by atomic mass is 10.1. The third-order valence-electron chi connectivity index (χ3n) is 3.21. The lowest BCUT2D eigenvalue weighted by Gasteiger charge is -2.31. The van der Waals surface area contributed by atoms with Crippen LogP contribution in [0.2, 0.25) is 0 Å². The van der Waals surface area contributed by atoms with Crippen molar-refractivity contribution in [3.8, 4) is 11.8 Å². The van der Waals surface area contributed by atoms with E-state index >= 15 is 0 Å². The minimum absolute atomic E-state index is 0.157. The van der Waals surface area contributed by atoms with Crippen LogP contribution in [0.5, 0.6) is 5.75 Å². The molecule has 1 fully saturated rings. The maximum Gasteiger partial charge on any atom is 0.123 e. The van der Waals surface area contributed by atoms with Crippen LogP contribution in [0, 0.1) is 11.3 Å². The monoisotopic (exact) mass is 259 g/mol. The topological polar surface area (TPSA) is 48.3 Å². The van der Waals surface area contributed by atoms with E-state index in [0.29, 0.717) is 0 Å². The van der Waals surface area contributed by atoms with E-state index in [-0.39, 0.29) is 12.1 Å². The molecular formula is C15H21N3O. The number of nitrogens with one attached hydrogen (secondary N) is 1. The molecule has 0 saturated carbocycles. The molecule has 1 aromatic carbocycles. The normalized spacial score (nSPS) is 18.0. The van der Waals surface area contributed by atoms with Crippen LogP contribution in [-0.2, 0) is 0 Å². The lowest BCUT2D eigenvalue weighted by Crippen LogP contribution is -2.44. The molecule has 19 heavy (non-hydrogen) atoms. The summed E-state index contributed by atoms with van der Waals surface area (Å²) in [7, 11) is 0. The molecule has 0 aromatic heterocycles. The van der Waals surface area contributed by atoms with Crippen molar-refractivity contribution in [2.75, 3.05) is 26.2 Å². The number of benzene rings is 1. The summed E-state index contributed by atoms with van der Waals surface area (Å²) in [6, 6.07) is 10.1. The quantitative estimate of drug-likeness (QED) is 0.897. The molecule has 1 unspecified atom stereocenters. The molecule has 2 rings (SSSR count). The Hall–Kier alpha value is -1.57. The van der Waals surface area contributed by atoms with Gasteiger partial charge in [-0.3, -0.25) is 4.90 Å². The van der Waals surface area contributed by atoms with Crippen molar-refractivity contribution in [2.24, 2.45) is 0 Å². The Balaban J connectivity index is 2.08. The maximum absolute atomic E-state index is 9.40. The van der Waals surface area contributed by atoms with E-state index in [4.69, 9.17) is 4.74 Å². The molecule has 102 valence electrons. The van der Waals surface area contributed by atoms with Gasteiger partial charge in [0.25, 0.3) is 0 Å². The number of nitriles is 1. The van der Waals surface area contributed by atoms with E-state index in [1.54, 1.807) is 0 Å². The maximum atomic E-state index is 9.40. The molecule has 0 bridgehead atoms. The van der Waals surface area contributed by atoms with E-state index in [9.17, 15) is 5.26 Å². The number of piperazine rings is 1. The molecular weight excluding hydrogens is 238 g/mol. The van der Waals surface area contributed by atoms with Gasteiger partial charge in [-0.25, -0.2) is 0 Å². The number of rotatable bonds is 4. The Bertz CT molecular complexity index is 430. The van der Waals surface area contributed by atoms with Gasteiger partial charge in [0.2, 0.25) is 0 Å². The van der Waals surface area contributed by atoms with Gasteiger partial charge in [-0.1, -0.05) is 12.1 Å². The second-order valence-electron chi connectivity index (χ2n) is 5.05. The van der Waals surface area contributed by atoms with Crippen molar-refractivity contribution in [3.63, 3.8) is 0 Å². The van der Waals surface area contributed by atoms with E-state index in [2.05, 4.69) is 16.3 Å². The van der Waals surface area contributed by atoms with Gasteiger partial charge >= 0.3 is 0 Å². The fourth-order valence-corrected chi connectivity index (χ4v) is 2.31. The van der Waals surface area contributed by atoms with Crippen molar-refractivity contribution in [2.45, 2.75) is 26.0 Å². The molecule has 1 aliphatic heterocycles. The highest BCUT2D eigenvalue weighted by molar-refractivity contribution is 5.32. The second kappa shape index (κ2) is 6.55. The number of hydrogen-bond donors (Lipinski definition) is 1. The van der Waals surface area contributed by atoms with Gasteiger partial charge in [-0.15, -0.1) is 0 Å². The molecule has 4 nitrogen and oxygen atoms in total. The minimum Gasteiger partial charge on any atom is -0.491 e. The zero-order valence-electron chi connectivity index (χ0n) is 11.6. The van der Waals surface area contributed by atoms with Crippen LogP contribution in [0.15, 0.2) is 24.3 Å². The molecule has 1 aliphatic rings. The van der Waals surface area contributed by atoms with E-state index in [1.165, 1.54) is 0 Å². The van der Waals surface area contributed by atoms with Gasteiger partial charge in [0, 0.05) is 26.2 Å². The summed E-state index contributed by atoms with van der Waals surface area (Å²) >= 11 is 0. The molecule has 0 radical (unpaired) electrons. The molecule has 0 spiro atoms. The largest absolute Gasteiger partial charge is 0.491 e. The fraction of sp³-hybridized carbons (Fsp3) is 0.533. The van der Waals surface area contributed by atoms with E-state index < -0.39 is 0 Å². The Kier molecular flexibility index (Phi) is 4.78. The molecule has 0 amide bonds. The third-order valence-corrected chi connectivity index (χ3v) is 3.21. The lowest BCUT2D eigenvalue weighted by molar-refractivity contribution is 0.207. The minimum atomic E-state index is -0.157. The molecule has 4 heteroatoms. The highest BCUT2D eigenvalue weighted by Gasteiger charge is 2.21. The van der Waals surface area contributed by atoms with E-state index in [0.717, 1.165) is 37.5 Å². The first kappa shape index (κ1) is 13.9. The van der Waals surface area contributed by atoms with Gasteiger partial charge < -0.3 is 10.1 Å². The predicted molar refractivity (Wildman–Crippen MR) is 75.0 cm³/mol. The van der Waals surface area contributed by atoms with Crippen LogP contribution in [0.4, 0.5) is 0 Å². The van der Waals surface area contributed by atoms with Gasteiger partial charge in [0.15, 0.2) is 0 Å². The summed E-state index contributed by atoms with van der Waals surface area (Å²) in [5.41, 5.74) is 1.04. The summed E-state index contributed by atoms with van der Waals surface area (Å²) in [4.78, 5) is 2.22.